The van der Waals surface area contributed by atoms with Gasteiger partial charge in [-0.15, -0.1) is 0 Å². The molecule has 0 spiro atoms. The van der Waals surface area contributed by atoms with Gasteiger partial charge in [0.1, 0.15) is 6.04 Å². The fourth-order valence-electron chi connectivity index (χ4n) is 5.43. The van der Waals surface area contributed by atoms with Crippen molar-refractivity contribution in [1.29, 1.82) is 0 Å². The number of piperazine rings is 1. The second-order valence-electron chi connectivity index (χ2n) is 11.0. The summed E-state index contributed by atoms with van der Waals surface area (Å²) in [5.41, 5.74) is 1.77. The number of hydrogen-bond acceptors (Lipinski definition) is 6. The summed E-state index contributed by atoms with van der Waals surface area (Å²) in [4.78, 5) is 41.8. The van der Waals surface area contributed by atoms with E-state index in [-0.39, 0.29) is 55.2 Å². The summed E-state index contributed by atoms with van der Waals surface area (Å²) in [6, 6.07) is 19.5. The number of sulfonamides is 1. The predicted molar refractivity (Wildman–Crippen MR) is 173 cm³/mol. The Morgan fingerprint density at radius 2 is 1.59 bits per heavy atom. The van der Waals surface area contributed by atoms with Gasteiger partial charge in [0.15, 0.2) is 0 Å². The van der Waals surface area contributed by atoms with Gasteiger partial charge in [-0.25, -0.2) is 8.42 Å². The number of carbonyl (C=O) groups excluding carboxylic acids is 3. The topological polar surface area (TPSA) is 119 Å². The van der Waals surface area contributed by atoms with Crippen LogP contribution in [-0.2, 0) is 30.8 Å². The van der Waals surface area contributed by atoms with Gasteiger partial charge in [0, 0.05) is 63.3 Å². The molecule has 1 fully saturated rings. The van der Waals surface area contributed by atoms with E-state index in [0.717, 1.165) is 16.6 Å². The number of amides is 3. The highest BCUT2D eigenvalue weighted by atomic mass is 32.2. The Balaban J connectivity index is 1.43. The third kappa shape index (κ3) is 8.03. The van der Waals surface area contributed by atoms with Crippen molar-refractivity contribution in [3.05, 3.63) is 84.9 Å². The van der Waals surface area contributed by atoms with Gasteiger partial charge in [-0.05, 0) is 43.0 Å². The Morgan fingerprint density at radius 3 is 2.27 bits per heavy atom. The molecule has 2 N–H and O–H groups in total. The summed E-state index contributed by atoms with van der Waals surface area (Å²) in [5, 5.41) is 7.13. The second kappa shape index (κ2) is 15.0. The zero-order valence-electron chi connectivity index (χ0n) is 25.4. The summed E-state index contributed by atoms with van der Waals surface area (Å²) in [6.45, 7) is 4.60. The predicted octanol–water partition coefficient (Wildman–Crippen LogP) is 2.94. The van der Waals surface area contributed by atoms with Gasteiger partial charge in [-0.2, -0.15) is 4.31 Å². The van der Waals surface area contributed by atoms with Gasteiger partial charge in [0.2, 0.25) is 27.7 Å². The fraction of sp³-hybridized carbons (Fsp3) is 0.364. The smallest absolute Gasteiger partial charge is 0.245 e. The highest BCUT2D eigenvalue weighted by molar-refractivity contribution is 7.89. The van der Waals surface area contributed by atoms with Crippen LogP contribution in [0, 0.1) is 0 Å². The normalized spacial score (nSPS) is 14.5. The number of unbranched alkanes of at least 4 members (excludes halogenated alkanes) is 1. The molecule has 1 aliphatic rings. The Morgan fingerprint density at radius 1 is 0.909 bits per heavy atom. The SMILES string of the molecule is C=CC(=O)NCCCCC(NC(=O)Cc1ccccc1)C(=O)N1CCN(S(=O)(=O)c2cccc3c(N(C)C)cccc23)CC1. The summed E-state index contributed by atoms with van der Waals surface area (Å²) in [5.74, 6) is -0.758. The van der Waals surface area contributed by atoms with Gasteiger partial charge < -0.3 is 20.4 Å². The third-order valence-corrected chi connectivity index (χ3v) is 9.71. The Kier molecular flexibility index (Phi) is 11.1. The lowest BCUT2D eigenvalue weighted by molar-refractivity contribution is -0.137. The second-order valence-corrected chi connectivity index (χ2v) is 12.9. The Bertz CT molecular complexity index is 1580. The average molecular weight is 620 g/mol. The number of nitrogens with zero attached hydrogens (tertiary/aromatic N) is 3. The van der Waals surface area contributed by atoms with Crippen molar-refractivity contribution < 1.29 is 22.8 Å². The van der Waals surface area contributed by atoms with Crippen LogP contribution in [0.2, 0.25) is 0 Å². The van der Waals surface area contributed by atoms with E-state index in [4.69, 9.17) is 0 Å². The fourth-order valence-corrected chi connectivity index (χ4v) is 7.06. The molecule has 10 nitrogen and oxygen atoms in total. The van der Waals surface area contributed by atoms with Gasteiger partial charge in [-0.1, -0.05) is 61.2 Å². The first kappa shape index (κ1) is 32.7. The first-order valence-electron chi connectivity index (χ1n) is 14.8. The van der Waals surface area contributed by atoms with Crippen molar-refractivity contribution in [1.82, 2.24) is 19.8 Å². The molecule has 1 atom stereocenters. The van der Waals surface area contributed by atoms with Crippen LogP contribution in [0.4, 0.5) is 5.69 Å². The molecular formula is C33H41N5O5S. The maximum atomic E-state index is 13.8. The van der Waals surface area contributed by atoms with Crippen LogP contribution >= 0.6 is 0 Å². The van der Waals surface area contributed by atoms with E-state index in [2.05, 4.69) is 17.2 Å². The molecule has 3 aromatic carbocycles. The zero-order chi connectivity index (χ0) is 31.7. The molecule has 3 aromatic rings. The molecule has 11 heteroatoms. The third-order valence-electron chi connectivity index (χ3n) is 7.75. The standard InChI is InChI=1S/C33H41N5O5S/c1-4-31(39)34-19-9-8-16-28(35-32(40)24-25-12-6-5-7-13-25)33(41)37-20-22-38(23-21-37)44(42,43)30-18-11-14-26-27(30)15-10-17-29(26)36(2)3/h4-7,10-15,17-18,28H,1,8-9,16,19-24H2,2-3H3,(H,34,39)(H,35,40). The van der Waals surface area contributed by atoms with E-state index in [1.165, 1.54) is 10.4 Å². The number of rotatable bonds is 13. The zero-order valence-corrected chi connectivity index (χ0v) is 26.2. The highest BCUT2D eigenvalue weighted by Gasteiger charge is 2.34. The van der Waals surface area contributed by atoms with E-state index < -0.39 is 16.1 Å². The van der Waals surface area contributed by atoms with E-state index in [0.29, 0.717) is 31.2 Å². The minimum absolute atomic E-state index is 0.145. The maximum absolute atomic E-state index is 13.8. The van der Waals surface area contributed by atoms with Crippen molar-refractivity contribution >= 4 is 44.2 Å². The summed E-state index contributed by atoms with van der Waals surface area (Å²) < 4.78 is 29.0. The van der Waals surface area contributed by atoms with Gasteiger partial charge in [0.05, 0.1) is 11.3 Å². The van der Waals surface area contributed by atoms with Crippen molar-refractivity contribution in [2.45, 2.75) is 36.6 Å². The first-order chi connectivity index (χ1) is 21.1. The molecule has 0 aliphatic carbocycles. The molecule has 1 heterocycles. The van der Waals surface area contributed by atoms with Crippen LogP contribution in [-0.4, -0.2) is 88.2 Å². The maximum Gasteiger partial charge on any atom is 0.245 e. The molecule has 0 aromatic heterocycles. The largest absolute Gasteiger partial charge is 0.377 e. The molecule has 0 saturated carbocycles. The molecule has 0 radical (unpaired) electrons. The van der Waals surface area contributed by atoms with Gasteiger partial charge in [0.25, 0.3) is 0 Å². The van der Waals surface area contributed by atoms with Crippen LogP contribution in [0.15, 0.2) is 84.3 Å². The highest BCUT2D eigenvalue weighted by Crippen LogP contribution is 2.32. The van der Waals surface area contributed by atoms with Gasteiger partial charge in [-0.3, -0.25) is 14.4 Å². The van der Waals surface area contributed by atoms with Crippen molar-refractivity contribution in [3.63, 3.8) is 0 Å². The first-order valence-corrected chi connectivity index (χ1v) is 16.3. The van der Waals surface area contributed by atoms with Crippen LogP contribution in [0.25, 0.3) is 10.8 Å². The lowest BCUT2D eigenvalue weighted by atomic mass is 10.1. The minimum atomic E-state index is -3.82. The number of hydrogen-bond donors (Lipinski definition) is 2. The molecule has 3 amide bonds. The molecule has 0 bridgehead atoms. The van der Waals surface area contributed by atoms with E-state index in [1.807, 2.05) is 73.6 Å². The Hall–Kier alpha value is -4.22. The quantitative estimate of drug-likeness (QED) is 0.224. The number of fused-ring (bicyclic) bond motifs is 1. The number of nitrogens with one attached hydrogen (secondary N) is 2. The summed E-state index contributed by atoms with van der Waals surface area (Å²) in [6.07, 6.45) is 2.98. The van der Waals surface area contributed by atoms with E-state index in [9.17, 15) is 22.8 Å². The molecule has 44 heavy (non-hydrogen) atoms. The van der Waals surface area contributed by atoms with Crippen LogP contribution in [0.5, 0.6) is 0 Å². The molecular weight excluding hydrogens is 578 g/mol. The van der Waals surface area contributed by atoms with Crippen molar-refractivity contribution in [3.8, 4) is 0 Å². The van der Waals surface area contributed by atoms with E-state index in [1.54, 1.807) is 17.0 Å². The molecule has 234 valence electrons. The Labute approximate surface area is 259 Å². The lowest BCUT2D eigenvalue weighted by Gasteiger charge is -2.36. The number of benzene rings is 3. The van der Waals surface area contributed by atoms with Crippen LogP contribution in [0.3, 0.4) is 0 Å². The van der Waals surface area contributed by atoms with Crippen LogP contribution in [0.1, 0.15) is 24.8 Å². The van der Waals surface area contributed by atoms with E-state index >= 15 is 0 Å². The monoisotopic (exact) mass is 619 g/mol. The molecule has 1 saturated heterocycles. The van der Waals surface area contributed by atoms with Crippen molar-refractivity contribution in [2.75, 3.05) is 51.7 Å². The molecule has 1 unspecified atom stereocenters. The summed E-state index contributed by atoms with van der Waals surface area (Å²) in [7, 11) is 0.0236. The van der Waals surface area contributed by atoms with Crippen molar-refractivity contribution in [2.24, 2.45) is 0 Å². The van der Waals surface area contributed by atoms with Crippen LogP contribution < -0.4 is 15.5 Å². The molecule has 4 rings (SSSR count). The minimum Gasteiger partial charge on any atom is -0.377 e. The summed E-state index contributed by atoms with van der Waals surface area (Å²) >= 11 is 0. The average Bonchev–Trinajstić information content (AvgIpc) is 3.03. The number of carbonyl (C=O) groups is 3. The lowest BCUT2D eigenvalue weighted by Crippen LogP contribution is -2.56. The molecule has 1 aliphatic heterocycles. The number of anilines is 1. The van der Waals surface area contributed by atoms with Gasteiger partial charge >= 0.3 is 0 Å².